The van der Waals surface area contributed by atoms with E-state index in [-0.39, 0.29) is 18.1 Å². The van der Waals surface area contributed by atoms with Gasteiger partial charge >= 0.3 is 0 Å². The van der Waals surface area contributed by atoms with Crippen LogP contribution in [0.5, 0.6) is 5.75 Å². The fraction of sp³-hybridized carbons (Fsp3) is 0.385. The van der Waals surface area contributed by atoms with Gasteiger partial charge in [-0.2, -0.15) is 5.10 Å². The minimum Gasteiger partial charge on any atom is -0.484 e. The molecule has 6 heteroatoms. The van der Waals surface area contributed by atoms with E-state index < -0.39 is 0 Å². The molecule has 1 N–H and O–H groups in total. The molecule has 1 amide bonds. The van der Waals surface area contributed by atoms with Crippen LogP contribution in [0, 0.1) is 6.92 Å². The number of carbonyl (C=O) groups is 1. The summed E-state index contributed by atoms with van der Waals surface area (Å²) in [5.74, 6) is 0.341. The van der Waals surface area contributed by atoms with Crippen LogP contribution in [0.2, 0.25) is 0 Å². The Morgan fingerprint density at radius 1 is 1.22 bits per heavy atom. The summed E-state index contributed by atoms with van der Waals surface area (Å²) in [7, 11) is 3.92. The highest BCUT2D eigenvalue weighted by molar-refractivity contribution is 5.90. The van der Waals surface area contributed by atoms with Crippen LogP contribution in [0.25, 0.3) is 5.57 Å². The summed E-state index contributed by atoms with van der Waals surface area (Å²) in [5.41, 5.74) is 9.34. The Morgan fingerprint density at radius 3 is 2.66 bits per heavy atom. The van der Waals surface area contributed by atoms with Gasteiger partial charge in [-0.25, -0.2) is 5.43 Å². The Bertz CT molecular complexity index is 1050. The normalized spacial score (nSPS) is 14.7. The molecule has 0 saturated carbocycles. The molecule has 1 heterocycles. The number of carbonyl (C=O) groups excluding carboxylic acids is 1. The Morgan fingerprint density at radius 2 is 1.97 bits per heavy atom. The lowest BCUT2D eigenvalue weighted by atomic mass is 9.87. The highest BCUT2D eigenvalue weighted by Gasteiger charge is 2.30. The van der Waals surface area contributed by atoms with Gasteiger partial charge in [0.2, 0.25) is 0 Å². The number of allylic oxidation sites excluding steroid dienone is 1. The Labute approximate surface area is 191 Å². The van der Waals surface area contributed by atoms with E-state index in [9.17, 15) is 4.79 Å². The lowest BCUT2D eigenvalue weighted by Gasteiger charge is -2.43. The van der Waals surface area contributed by atoms with Gasteiger partial charge in [-0.1, -0.05) is 12.1 Å². The van der Waals surface area contributed by atoms with Gasteiger partial charge in [0.05, 0.1) is 11.8 Å². The highest BCUT2D eigenvalue weighted by atomic mass is 16.5. The molecule has 1 aliphatic heterocycles. The zero-order valence-corrected chi connectivity index (χ0v) is 20.2. The molecule has 0 bridgehead atoms. The van der Waals surface area contributed by atoms with Gasteiger partial charge in [-0.05, 0) is 75.6 Å². The number of likely N-dealkylation sites (N-methyl/N-ethyl adjacent to an activating group) is 1. The lowest BCUT2D eigenvalue weighted by molar-refractivity contribution is -0.123. The number of nitrogens with zero attached hydrogens (tertiary/aromatic N) is 3. The largest absolute Gasteiger partial charge is 0.484 e. The van der Waals surface area contributed by atoms with Crippen molar-refractivity contribution < 1.29 is 9.53 Å². The van der Waals surface area contributed by atoms with Crippen molar-refractivity contribution in [1.82, 2.24) is 5.43 Å². The SMILES string of the molecule is CCN1c2cc(C)c(/C=N/NC(=O)COc3cccc(N(C)C)c3)cc2C(C)=CC1(C)C. The van der Waals surface area contributed by atoms with Gasteiger partial charge in [0, 0.05) is 43.6 Å². The first-order valence-electron chi connectivity index (χ1n) is 11.0. The number of ether oxygens (including phenoxy) is 1. The number of hydrogen-bond donors (Lipinski definition) is 1. The fourth-order valence-corrected chi connectivity index (χ4v) is 4.17. The second-order valence-corrected chi connectivity index (χ2v) is 8.92. The summed E-state index contributed by atoms with van der Waals surface area (Å²) in [4.78, 5) is 16.6. The quantitative estimate of drug-likeness (QED) is 0.511. The Kier molecular flexibility index (Phi) is 6.92. The van der Waals surface area contributed by atoms with E-state index >= 15 is 0 Å². The Hall–Kier alpha value is -3.28. The number of aryl methyl sites for hydroxylation is 1. The summed E-state index contributed by atoms with van der Waals surface area (Å²) in [5, 5.41) is 4.16. The van der Waals surface area contributed by atoms with Crippen molar-refractivity contribution in [2.75, 3.05) is 37.0 Å². The van der Waals surface area contributed by atoms with E-state index in [1.54, 1.807) is 6.21 Å². The van der Waals surface area contributed by atoms with Crippen LogP contribution in [0.3, 0.4) is 0 Å². The maximum atomic E-state index is 12.2. The minimum absolute atomic E-state index is 0.0199. The van der Waals surface area contributed by atoms with Gasteiger partial charge in [0.1, 0.15) is 5.75 Å². The molecular weight excluding hydrogens is 400 g/mol. The number of rotatable bonds is 7. The predicted molar refractivity (Wildman–Crippen MR) is 134 cm³/mol. The standard InChI is InChI=1S/C26H34N4O2/c1-8-30-24-12-18(2)20(13-23(24)19(3)15-26(30,4)5)16-27-28-25(31)17-32-22-11-9-10-21(14-22)29(6)7/h9-16H,8,17H2,1-7H3,(H,28,31)/b27-16+. The molecule has 2 aromatic carbocycles. The van der Waals surface area contributed by atoms with Crippen LogP contribution in [-0.2, 0) is 4.79 Å². The number of fused-ring (bicyclic) bond motifs is 1. The van der Waals surface area contributed by atoms with Crippen molar-refractivity contribution in [2.45, 2.75) is 40.2 Å². The first kappa shape index (κ1) is 23.4. The number of hydrazone groups is 1. The average Bonchev–Trinajstić information content (AvgIpc) is 2.73. The van der Waals surface area contributed by atoms with E-state index in [1.165, 1.54) is 16.8 Å². The second kappa shape index (κ2) is 9.47. The third-order valence-electron chi connectivity index (χ3n) is 5.78. The van der Waals surface area contributed by atoms with Crippen LogP contribution in [-0.4, -0.2) is 44.9 Å². The van der Waals surface area contributed by atoms with Gasteiger partial charge in [0.25, 0.3) is 5.91 Å². The molecule has 32 heavy (non-hydrogen) atoms. The summed E-state index contributed by atoms with van der Waals surface area (Å²) >= 11 is 0. The zero-order chi connectivity index (χ0) is 23.5. The Balaban J connectivity index is 1.66. The molecule has 3 rings (SSSR count). The first-order chi connectivity index (χ1) is 15.1. The van der Waals surface area contributed by atoms with Crippen molar-refractivity contribution in [1.29, 1.82) is 0 Å². The molecular formula is C26H34N4O2. The van der Waals surface area contributed by atoms with E-state index in [0.717, 1.165) is 23.4 Å². The van der Waals surface area contributed by atoms with Crippen molar-refractivity contribution in [2.24, 2.45) is 5.10 Å². The van der Waals surface area contributed by atoms with Crippen molar-refractivity contribution in [3.05, 3.63) is 59.2 Å². The second-order valence-electron chi connectivity index (χ2n) is 8.92. The molecule has 6 nitrogen and oxygen atoms in total. The topological polar surface area (TPSA) is 57.2 Å². The average molecular weight is 435 g/mol. The van der Waals surface area contributed by atoms with E-state index in [2.05, 4.69) is 68.3 Å². The van der Waals surface area contributed by atoms with Crippen LogP contribution in [0.15, 0.2) is 47.6 Å². The molecule has 0 atom stereocenters. The zero-order valence-electron chi connectivity index (χ0n) is 20.2. The summed E-state index contributed by atoms with van der Waals surface area (Å²) in [6.07, 6.45) is 4.00. The van der Waals surface area contributed by atoms with Crippen molar-refractivity contribution in [3.63, 3.8) is 0 Å². The molecule has 0 unspecified atom stereocenters. The monoisotopic (exact) mass is 434 g/mol. The van der Waals surface area contributed by atoms with Crippen molar-refractivity contribution in [3.8, 4) is 5.75 Å². The smallest absolute Gasteiger partial charge is 0.277 e. The molecule has 0 aliphatic carbocycles. The van der Waals surface area contributed by atoms with Crippen LogP contribution < -0.4 is 20.0 Å². The summed E-state index contributed by atoms with van der Waals surface area (Å²) in [6.45, 7) is 11.7. The molecule has 0 saturated heterocycles. The minimum atomic E-state index is -0.304. The number of amides is 1. The van der Waals surface area contributed by atoms with Crippen LogP contribution >= 0.6 is 0 Å². The van der Waals surface area contributed by atoms with E-state index in [0.29, 0.717) is 5.75 Å². The third kappa shape index (κ3) is 5.13. The molecule has 1 aliphatic rings. The number of benzene rings is 2. The maximum Gasteiger partial charge on any atom is 0.277 e. The fourth-order valence-electron chi connectivity index (χ4n) is 4.17. The van der Waals surface area contributed by atoms with Gasteiger partial charge in [-0.15, -0.1) is 0 Å². The highest BCUT2D eigenvalue weighted by Crippen LogP contribution is 2.39. The number of hydrogen-bond acceptors (Lipinski definition) is 5. The van der Waals surface area contributed by atoms with Gasteiger partial charge in [-0.3, -0.25) is 4.79 Å². The molecule has 2 aromatic rings. The van der Waals surface area contributed by atoms with Crippen LogP contribution in [0.1, 0.15) is 44.4 Å². The van der Waals surface area contributed by atoms with Gasteiger partial charge < -0.3 is 14.5 Å². The third-order valence-corrected chi connectivity index (χ3v) is 5.78. The molecule has 0 fully saturated rings. The van der Waals surface area contributed by atoms with Gasteiger partial charge in [0.15, 0.2) is 6.61 Å². The maximum absolute atomic E-state index is 12.2. The van der Waals surface area contributed by atoms with Crippen molar-refractivity contribution >= 4 is 29.1 Å². The van der Waals surface area contributed by atoms with Crippen LogP contribution in [0.4, 0.5) is 11.4 Å². The van der Waals surface area contributed by atoms with E-state index in [1.807, 2.05) is 43.3 Å². The first-order valence-corrected chi connectivity index (χ1v) is 11.0. The molecule has 0 radical (unpaired) electrons. The van der Waals surface area contributed by atoms with E-state index in [4.69, 9.17) is 4.74 Å². The number of anilines is 2. The lowest BCUT2D eigenvalue weighted by Crippen LogP contribution is -2.45. The molecule has 0 spiro atoms. The number of nitrogens with one attached hydrogen (secondary N) is 1. The molecule has 0 aromatic heterocycles. The molecule has 170 valence electrons. The summed E-state index contributed by atoms with van der Waals surface area (Å²) in [6, 6.07) is 12.0. The summed E-state index contributed by atoms with van der Waals surface area (Å²) < 4.78 is 5.59. The predicted octanol–water partition coefficient (Wildman–Crippen LogP) is 4.61.